The van der Waals surface area contributed by atoms with Gasteiger partial charge in [-0.2, -0.15) is 4.68 Å². The molecule has 3 rings (SSSR count). The maximum absolute atomic E-state index is 13.6. The van der Waals surface area contributed by atoms with E-state index in [1.807, 2.05) is 0 Å². The van der Waals surface area contributed by atoms with Crippen LogP contribution in [-0.2, 0) is 0 Å². The van der Waals surface area contributed by atoms with Gasteiger partial charge in [-0.25, -0.2) is 8.78 Å². The molecule has 0 N–H and O–H groups in total. The second kappa shape index (κ2) is 7.63. The molecule has 3 aromatic rings. The van der Waals surface area contributed by atoms with Gasteiger partial charge < -0.3 is 4.90 Å². The van der Waals surface area contributed by atoms with E-state index in [1.165, 1.54) is 16.9 Å². The van der Waals surface area contributed by atoms with Crippen LogP contribution in [0.4, 0.5) is 8.78 Å². The van der Waals surface area contributed by atoms with Gasteiger partial charge >= 0.3 is 0 Å². The topological polar surface area (TPSA) is 63.9 Å². The van der Waals surface area contributed by atoms with E-state index in [0.29, 0.717) is 10.7 Å². The van der Waals surface area contributed by atoms with Gasteiger partial charge in [0.25, 0.3) is 0 Å². The Labute approximate surface area is 158 Å². The minimum absolute atomic E-state index is 0.0207. The number of benzene rings is 2. The van der Waals surface area contributed by atoms with E-state index in [1.54, 1.807) is 43.3 Å². The zero-order chi connectivity index (χ0) is 19.6. The van der Waals surface area contributed by atoms with E-state index in [0.717, 1.165) is 12.1 Å². The van der Waals surface area contributed by atoms with Crippen LogP contribution in [0.5, 0.6) is 0 Å². The first kappa shape index (κ1) is 18.7. The van der Waals surface area contributed by atoms with Crippen LogP contribution in [0.2, 0.25) is 5.02 Å². The van der Waals surface area contributed by atoms with Crippen molar-refractivity contribution in [3.05, 3.63) is 76.7 Å². The number of ketones is 1. The zero-order valence-electron chi connectivity index (χ0n) is 14.4. The monoisotopic (exact) mass is 389 g/mol. The van der Waals surface area contributed by atoms with Crippen LogP contribution in [0.15, 0.2) is 48.7 Å². The quantitative estimate of drug-likeness (QED) is 0.494. The molecular formula is C18H14ClF2N5O. The number of tetrazole rings is 1. The average Bonchev–Trinajstić information content (AvgIpc) is 3.11. The Morgan fingerprint density at radius 1 is 1.11 bits per heavy atom. The summed E-state index contributed by atoms with van der Waals surface area (Å²) < 4.78 is 28.1. The van der Waals surface area contributed by atoms with Crippen molar-refractivity contribution in [3.8, 4) is 5.69 Å². The SMILES string of the molecule is CN(C)C=C(C(=O)c1ccc(F)c(F)c1)c1nnnn1-c1ccc(Cl)cc1. The molecule has 0 saturated carbocycles. The second-order valence-corrected chi connectivity index (χ2v) is 6.29. The molecule has 0 aliphatic rings. The first-order valence-electron chi connectivity index (χ1n) is 7.79. The number of hydrogen-bond donors (Lipinski definition) is 0. The first-order chi connectivity index (χ1) is 12.9. The maximum Gasteiger partial charge on any atom is 0.198 e. The summed E-state index contributed by atoms with van der Waals surface area (Å²) in [4.78, 5) is 14.6. The summed E-state index contributed by atoms with van der Waals surface area (Å²) in [7, 11) is 3.43. The average molecular weight is 390 g/mol. The van der Waals surface area contributed by atoms with Crippen LogP contribution in [-0.4, -0.2) is 45.0 Å². The lowest BCUT2D eigenvalue weighted by atomic mass is 10.0. The molecule has 1 heterocycles. The number of aromatic nitrogens is 4. The number of carbonyl (C=O) groups excluding carboxylic acids is 1. The fourth-order valence-corrected chi connectivity index (χ4v) is 2.51. The van der Waals surface area contributed by atoms with Crippen LogP contribution >= 0.6 is 11.6 Å². The van der Waals surface area contributed by atoms with Gasteiger partial charge in [-0.3, -0.25) is 4.79 Å². The van der Waals surface area contributed by atoms with Crippen molar-refractivity contribution in [1.29, 1.82) is 0 Å². The third kappa shape index (κ3) is 4.01. The van der Waals surface area contributed by atoms with Crippen molar-refractivity contribution in [3.63, 3.8) is 0 Å². The molecule has 0 fully saturated rings. The number of hydrogen-bond acceptors (Lipinski definition) is 5. The van der Waals surface area contributed by atoms with Crippen molar-refractivity contribution in [2.75, 3.05) is 14.1 Å². The van der Waals surface area contributed by atoms with Gasteiger partial charge in [0.2, 0.25) is 0 Å². The zero-order valence-corrected chi connectivity index (χ0v) is 15.2. The standard InChI is InChI=1S/C18H14ClF2N5O/c1-25(2)10-14(17(27)11-3-8-15(20)16(21)9-11)18-22-23-24-26(18)13-6-4-12(19)5-7-13/h3-10H,1-2H3. The van der Waals surface area contributed by atoms with Crippen LogP contribution < -0.4 is 0 Å². The van der Waals surface area contributed by atoms with E-state index >= 15 is 0 Å². The van der Waals surface area contributed by atoms with Crippen molar-refractivity contribution < 1.29 is 13.6 Å². The van der Waals surface area contributed by atoms with E-state index < -0.39 is 17.4 Å². The highest BCUT2D eigenvalue weighted by Gasteiger charge is 2.23. The number of carbonyl (C=O) groups is 1. The maximum atomic E-state index is 13.6. The summed E-state index contributed by atoms with van der Waals surface area (Å²) >= 11 is 5.90. The molecule has 0 spiro atoms. The van der Waals surface area contributed by atoms with Gasteiger partial charge in [-0.1, -0.05) is 11.6 Å². The highest BCUT2D eigenvalue weighted by Crippen LogP contribution is 2.22. The molecule has 1 aromatic heterocycles. The third-order valence-corrected chi connectivity index (χ3v) is 3.85. The molecule has 0 unspecified atom stereocenters. The Bertz CT molecular complexity index is 1010. The normalized spacial score (nSPS) is 11.5. The van der Waals surface area contributed by atoms with E-state index in [2.05, 4.69) is 15.5 Å². The fraction of sp³-hybridized carbons (Fsp3) is 0.111. The Morgan fingerprint density at radius 2 is 1.81 bits per heavy atom. The molecule has 0 atom stereocenters. The summed E-state index contributed by atoms with van der Waals surface area (Å²) in [6.07, 6.45) is 1.52. The molecule has 27 heavy (non-hydrogen) atoms. The van der Waals surface area contributed by atoms with Gasteiger partial charge in [0.15, 0.2) is 23.2 Å². The van der Waals surface area contributed by atoms with E-state index in [4.69, 9.17) is 11.6 Å². The molecule has 0 radical (unpaired) electrons. The van der Waals surface area contributed by atoms with Crippen molar-refractivity contribution in [2.24, 2.45) is 0 Å². The van der Waals surface area contributed by atoms with Crippen LogP contribution in [0.1, 0.15) is 16.2 Å². The number of halogens is 3. The Kier molecular flexibility index (Phi) is 5.27. The van der Waals surface area contributed by atoms with Crippen molar-refractivity contribution in [1.82, 2.24) is 25.1 Å². The summed E-state index contributed by atoms with van der Waals surface area (Å²) in [6.45, 7) is 0. The molecule has 9 heteroatoms. The van der Waals surface area contributed by atoms with Crippen LogP contribution in [0, 0.1) is 11.6 Å². The molecule has 0 saturated heterocycles. The summed E-state index contributed by atoms with van der Waals surface area (Å²) in [5, 5.41) is 12.0. The highest BCUT2D eigenvalue weighted by atomic mass is 35.5. The first-order valence-corrected chi connectivity index (χ1v) is 8.17. The molecule has 6 nitrogen and oxygen atoms in total. The molecule has 0 bridgehead atoms. The number of Topliss-reactive ketones (excluding diaryl/α,β-unsaturated/α-hetero) is 1. The largest absolute Gasteiger partial charge is 0.383 e. The Hall–Kier alpha value is -3.13. The second-order valence-electron chi connectivity index (χ2n) is 5.86. The molecule has 138 valence electrons. The van der Waals surface area contributed by atoms with Gasteiger partial charge in [-0.15, -0.1) is 5.10 Å². The van der Waals surface area contributed by atoms with Gasteiger partial charge in [-0.05, 0) is 52.9 Å². The smallest absolute Gasteiger partial charge is 0.198 e. The number of rotatable bonds is 5. The Balaban J connectivity index is 2.09. The van der Waals surface area contributed by atoms with Crippen LogP contribution in [0.3, 0.4) is 0 Å². The predicted molar refractivity (Wildman–Crippen MR) is 96.5 cm³/mol. The minimum Gasteiger partial charge on any atom is -0.383 e. The summed E-state index contributed by atoms with van der Waals surface area (Å²) in [5.41, 5.74) is 0.681. The third-order valence-electron chi connectivity index (χ3n) is 3.60. The number of allylic oxidation sites excluding steroid dienone is 1. The predicted octanol–water partition coefficient (Wildman–Crippen LogP) is 3.38. The fourth-order valence-electron chi connectivity index (χ4n) is 2.38. The highest BCUT2D eigenvalue weighted by molar-refractivity contribution is 6.30. The minimum atomic E-state index is -1.11. The van der Waals surface area contributed by atoms with E-state index in [9.17, 15) is 13.6 Å². The molecule has 0 amide bonds. The molecule has 0 aliphatic heterocycles. The van der Waals surface area contributed by atoms with Gasteiger partial charge in [0.1, 0.15) is 0 Å². The lowest BCUT2D eigenvalue weighted by Crippen LogP contribution is -2.14. The number of nitrogens with zero attached hydrogens (tertiary/aromatic N) is 5. The molecule has 0 aliphatic carbocycles. The summed E-state index contributed by atoms with van der Waals surface area (Å²) in [5.74, 6) is -2.54. The van der Waals surface area contributed by atoms with Crippen molar-refractivity contribution in [2.45, 2.75) is 0 Å². The summed E-state index contributed by atoms with van der Waals surface area (Å²) in [6, 6.07) is 9.66. The molecular weight excluding hydrogens is 376 g/mol. The lowest BCUT2D eigenvalue weighted by molar-refractivity contribution is 0.105. The van der Waals surface area contributed by atoms with Gasteiger partial charge in [0, 0.05) is 30.9 Å². The van der Waals surface area contributed by atoms with Gasteiger partial charge in [0.05, 0.1) is 11.3 Å². The van der Waals surface area contributed by atoms with Crippen LogP contribution in [0.25, 0.3) is 11.3 Å². The molecule has 2 aromatic carbocycles. The van der Waals surface area contributed by atoms with E-state index in [-0.39, 0.29) is 17.0 Å². The lowest BCUT2D eigenvalue weighted by Gasteiger charge is -2.12. The Morgan fingerprint density at radius 3 is 2.44 bits per heavy atom. The van der Waals surface area contributed by atoms with Crippen molar-refractivity contribution >= 4 is 23.0 Å².